The van der Waals surface area contributed by atoms with E-state index in [4.69, 9.17) is 4.74 Å². The van der Waals surface area contributed by atoms with E-state index in [0.717, 1.165) is 5.69 Å². The maximum Gasteiger partial charge on any atom is 0.213 e. The summed E-state index contributed by atoms with van der Waals surface area (Å²) in [6, 6.07) is 4.64. The second-order valence-electron chi connectivity index (χ2n) is 4.17. The number of ether oxygens (including phenoxy) is 1. The number of pyridine rings is 1. The van der Waals surface area contributed by atoms with Gasteiger partial charge in [-0.3, -0.25) is 4.90 Å². The van der Waals surface area contributed by atoms with Gasteiger partial charge in [0.05, 0.1) is 7.11 Å². The van der Waals surface area contributed by atoms with E-state index in [-0.39, 0.29) is 0 Å². The first kappa shape index (κ1) is 10.4. The van der Waals surface area contributed by atoms with Crippen molar-refractivity contribution >= 4 is 0 Å². The van der Waals surface area contributed by atoms with Crippen molar-refractivity contribution in [2.45, 2.75) is 25.8 Å². The number of hydrogen-bond donors (Lipinski definition) is 0. The van der Waals surface area contributed by atoms with Crippen LogP contribution in [0.2, 0.25) is 0 Å². The van der Waals surface area contributed by atoms with Crippen LogP contribution in [0.4, 0.5) is 0 Å². The summed E-state index contributed by atoms with van der Waals surface area (Å²) in [5.41, 5.74) is 2.43. The molecule has 0 bridgehead atoms. The third-order valence-electron chi connectivity index (χ3n) is 3.19. The van der Waals surface area contributed by atoms with Gasteiger partial charge < -0.3 is 4.74 Å². The van der Waals surface area contributed by atoms with Gasteiger partial charge in [0.2, 0.25) is 5.88 Å². The summed E-state index contributed by atoms with van der Waals surface area (Å²) in [6.07, 6.45) is 2.53. The topological polar surface area (TPSA) is 25.4 Å². The number of rotatable bonds is 2. The monoisotopic (exact) mass is 206 g/mol. The fourth-order valence-corrected chi connectivity index (χ4v) is 2.32. The molecule has 1 atom stereocenters. The lowest BCUT2D eigenvalue weighted by Gasteiger charge is -2.21. The summed E-state index contributed by atoms with van der Waals surface area (Å²) < 4.78 is 5.11. The zero-order chi connectivity index (χ0) is 10.8. The first-order valence-corrected chi connectivity index (χ1v) is 5.44. The van der Waals surface area contributed by atoms with Crippen LogP contribution in [0.5, 0.6) is 5.88 Å². The molecule has 2 heterocycles. The van der Waals surface area contributed by atoms with Gasteiger partial charge in [0.15, 0.2) is 0 Å². The maximum atomic E-state index is 5.11. The highest BCUT2D eigenvalue weighted by molar-refractivity contribution is 5.28. The molecule has 1 aliphatic heterocycles. The van der Waals surface area contributed by atoms with Crippen molar-refractivity contribution in [1.29, 1.82) is 0 Å². The third-order valence-corrected chi connectivity index (χ3v) is 3.19. The molecule has 1 aromatic rings. The fourth-order valence-electron chi connectivity index (χ4n) is 2.32. The molecular formula is C12H18N2O. The van der Waals surface area contributed by atoms with E-state index in [0.29, 0.717) is 11.9 Å². The summed E-state index contributed by atoms with van der Waals surface area (Å²) in [4.78, 5) is 6.82. The molecule has 0 N–H and O–H groups in total. The first-order chi connectivity index (χ1) is 7.22. The van der Waals surface area contributed by atoms with Crippen LogP contribution in [0.1, 0.15) is 30.1 Å². The van der Waals surface area contributed by atoms with Gasteiger partial charge in [-0.15, -0.1) is 0 Å². The van der Waals surface area contributed by atoms with Crippen LogP contribution in [-0.2, 0) is 0 Å². The molecule has 1 saturated heterocycles. The molecule has 2 rings (SSSR count). The Bertz CT molecular complexity index is 351. The average Bonchev–Trinajstić information content (AvgIpc) is 2.64. The van der Waals surface area contributed by atoms with E-state index in [1.54, 1.807) is 7.11 Å². The van der Waals surface area contributed by atoms with E-state index in [2.05, 4.69) is 29.9 Å². The second kappa shape index (κ2) is 4.19. The molecule has 0 spiro atoms. The molecule has 0 radical (unpaired) electrons. The van der Waals surface area contributed by atoms with Gasteiger partial charge in [0, 0.05) is 17.8 Å². The minimum Gasteiger partial charge on any atom is -0.481 e. The Morgan fingerprint density at radius 2 is 2.27 bits per heavy atom. The minimum absolute atomic E-state index is 0.545. The quantitative estimate of drug-likeness (QED) is 0.741. The standard InChI is InChI=1S/C12H18N2O/c1-9-10(6-7-12(13-9)15-3)11-5-4-8-14(11)2/h6-7,11H,4-5,8H2,1-3H3/t11-/m0/s1. The number of aromatic nitrogens is 1. The molecule has 15 heavy (non-hydrogen) atoms. The molecule has 1 aromatic heterocycles. The molecular weight excluding hydrogens is 188 g/mol. The van der Waals surface area contributed by atoms with Crippen LogP contribution in [0, 0.1) is 6.92 Å². The van der Waals surface area contributed by atoms with E-state index >= 15 is 0 Å². The lowest BCUT2D eigenvalue weighted by Crippen LogP contribution is -2.18. The highest BCUT2D eigenvalue weighted by Gasteiger charge is 2.24. The van der Waals surface area contributed by atoms with Crippen LogP contribution >= 0.6 is 0 Å². The molecule has 0 amide bonds. The van der Waals surface area contributed by atoms with Crippen molar-refractivity contribution in [3.63, 3.8) is 0 Å². The van der Waals surface area contributed by atoms with Gasteiger partial charge >= 0.3 is 0 Å². The molecule has 0 aromatic carbocycles. The summed E-state index contributed by atoms with van der Waals surface area (Å²) in [7, 11) is 3.84. The highest BCUT2D eigenvalue weighted by Crippen LogP contribution is 2.32. The maximum absolute atomic E-state index is 5.11. The molecule has 0 unspecified atom stereocenters. The van der Waals surface area contributed by atoms with Gasteiger partial charge in [-0.25, -0.2) is 4.98 Å². The lowest BCUT2D eigenvalue weighted by molar-refractivity contribution is 0.315. The third kappa shape index (κ3) is 1.97. The van der Waals surface area contributed by atoms with Gasteiger partial charge in [-0.05, 0) is 38.9 Å². The first-order valence-electron chi connectivity index (χ1n) is 5.44. The van der Waals surface area contributed by atoms with Gasteiger partial charge in [0.25, 0.3) is 0 Å². The summed E-state index contributed by atoms with van der Waals surface area (Å²) in [5, 5.41) is 0. The SMILES string of the molecule is COc1ccc([C@@H]2CCCN2C)c(C)n1. The van der Waals surface area contributed by atoms with Gasteiger partial charge in [-0.1, -0.05) is 6.07 Å². The molecule has 1 aliphatic rings. The van der Waals surface area contributed by atoms with Crippen molar-refractivity contribution in [2.24, 2.45) is 0 Å². The fraction of sp³-hybridized carbons (Fsp3) is 0.583. The van der Waals surface area contributed by atoms with Crippen LogP contribution < -0.4 is 4.74 Å². The lowest BCUT2D eigenvalue weighted by atomic mass is 10.0. The molecule has 0 aliphatic carbocycles. The van der Waals surface area contributed by atoms with E-state index in [1.807, 2.05) is 6.07 Å². The zero-order valence-corrected chi connectivity index (χ0v) is 9.66. The average molecular weight is 206 g/mol. The predicted molar refractivity (Wildman–Crippen MR) is 60.1 cm³/mol. The number of hydrogen-bond acceptors (Lipinski definition) is 3. The van der Waals surface area contributed by atoms with E-state index in [9.17, 15) is 0 Å². The highest BCUT2D eigenvalue weighted by atomic mass is 16.5. The predicted octanol–water partition coefficient (Wildman–Crippen LogP) is 2.17. The van der Waals surface area contributed by atoms with Crippen molar-refractivity contribution < 1.29 is 4.74 Å². The largest absolute Gasteiger partial charge is 0.481 e. The Hall–Kier alpha value is -1.09. The second-order valence-corrected chi connectivity index (χ2v) is 4.17. The number of aryl methyl sites for hydroxylation is 1. The number of likely N-dealkylation sites (tertiary alicyclic amines) is 1. The van der Waals surface area contributed by atoms with Crippen LogP contribution in [0.25, 0.3) is 0 Å². The molecule has 3 nitrogen and oxygen atoms in total. The minimum atomic E-state index is 0.545. The Morgan fingerprint density at radius 1 is 1.47 bits per heavy atom. The van der Waals surface area contributed by atoms with Gasteiger partial charge in [-0.2, -0.15) is 0 Å². The Balaban J connectivity index is 2.28. The summed E-state index contributed by atoms with van der Waals surface area (Å²) in [5.74, 6) is 0.705. The number of nitrogens with zero attached hydrogens (tertiary/aromatic N) is 2. The molecule has 0 saturated carbocycles. The Kier molecular flexibility index (Phi) is 2.91. The van der Waals surface area contributed by atoms with Crippen LogP contribution in [0.15, 0.2) is 12.1 Å². The normalized spacial score (nSPS) is 21.9. The van der Waals surface area contributed by atoms with Crippen molar-refractivity contribution in [1.82, 2.24) is 9.88 Å². The number of methoxy groups -OCH3 is 1. The molecule has 3 heteroatoms. The van der Waals surface area contributed by atoms with E-state index in [1.165, 1.54) is 24.9 Å². The Morgan fingerprint density at radius 3 is 2.80 bits per heavy atom. The summed E-state index contributed by atoms with van der Waals surface area (Å²) in [6.45, 7) is 3.25. The van der Waals surface area contributed by atoms with E-state index < -0.39 is 0 Å². The van der Waals surface area contributed by atoms with Crippen molar-refractivity contribution in [2.75, 3.05) is 20.7 Å². The molecule has 82 valence electrons. The smallest absolute Gasteiger partial charge is 0.213 e. The zero-order valence-electron chi connectivity index (χ0n) is 9.66. The van der Waals surface area contributed by atoms with Crippen molar-refractivity contribution in [3.8, 4) is 5.88 Å². The summed E-state index contributed by atoms with van der Waals surface area (Å²) >= 11 is 0. The van der Waals surface area contributed by atoms with Crippen LogP contribution in [-0.4, -0.2) is 30.6 Å². The van der Waals surface area contributed by atoms with Crippen LogP contribution in [0.3, 0.4) is 0 Å². The molecule has 1 fully saturated rings. The van der Waals surface area contributed by atoms with Gasteiger partial charge in [0.1, 0.15) is 0 Å². The van der Waals surface area contributed by atoms with Crippen molar-refractivity contribution in [3.05, 3.63) is 23.4 Å². The Labute approximate surface area is 91.1 Å².